The van der Waals surface area contributed by atoms with Gasteiger partial charge < -0.3 is 5.11 Å². The maximum atomic E-state index is 13.8. The number of aryl methyl sites for hydroxylation is 2. The molecule has 1 N–H and O–H groups in total. The van der Waals surface area contributed by atoms with Gasteiger partial charge in [0.2, 0.25) is 0 Å². The first-order valence-electron chi connectivity index (χ1n) is 6.03. The molecule has 3 nitrogen and oxygen atoms in total. The maximum Gasteiger partial charge on any atom is 0.337 e. The number of benzene rings is 1. The van der Waals surface area contributed by atoms with Gasteiger partial charge in [0, 0.05) is 16.8 Å². The number of hydrogen-bond donors (Lipinski definition) is 1. The van der Waals surface area contributed by atoms with E-state index in [1.807, 2.05) is 6.92 Å². The normalized spacial score (nSPS) is 10.5. The molecular formula is C15H14FNO2. The molecule has 0 saturated carbocycles. The van der Waals surface area contributed by atoms with E-state index in [9.17, 15) is 14.3 Å². The fourth-order valence-corrected chi connectivity index (χ4v) is 2.06. The monoisotopic (exact) mass is 259 g/mol. The number of halogens is 1. The lowest BCUT2D eigenvalue weighted by Crippen LogP contribution is -2.07. The van der Waals surface area contributed by atoms with Crippen LogP contribution in [-0.4, -0.2) is 16.1 Å². The van der Waals surface area contributed by atoms with E-state index in [-0.39, 0.29) is 11.4 Å². The molecule has 1 heterocycles. The van der Waals surface area contributed by atoms with Crippen molar-refractivity contribution >= 4 is 5.97 Å². The van der Waals surface area contributed by atoms with Crippen molar-refractivity contribution in [3.63, 3.8) is 0 Å². The third-order valence-electron chi connectivity index (χ3n) is 3.02. The van der Waals surface area contributed by atoms with E-state index in [1.165, 1.54) is 12.1 Å². The van der Waals surface area contributed by atoms with Crippen LogP contribution in [0, 0.1) is 12.7 Å². The fraction of sp³-hybridized carbons (Fsp3) is 0.200. The molecule has 0 fully saturated rings. The van der Waals surface area contributed by atoms with E-state index in [4.69, 9.17) is 0 Å². The van der Waals surface area contributed by atoms with Crippen molar-refractivity contribution in [2.75, 3.05) is 0 Å². The Kier molecular flexibility index (Phi) is 3.60. The predicted molar refractivity (Wildman–Crippen MR) is 70.7 cm³/mol. The molecule has 0 unspecified atom stereocenters. The van der Waals surface area contributed by atoms with Crippen LogP contribution in [0.2, 0.25) is 0 Å². The summed E-state index contributed by atoms with van der Waals surface area (Å²) >= 11 is 0. The third kappa shape index (κ3) is 2.47. The average Bonchev–Trinajstić information content (AvgIpc) is 2.39. The number of carbonyl (C=O) groups is 1. The minimum absolute atomic E-state index is 0.131. The second kappa shape index (κ2) is 5.18. The summed E-state index contributed by atoms with van der Waals surface area (Å²) in [6.45, 7) is 3.60. The number of hydrogen-bond acceptors (Lipinski definition) is 2. The number of aromatic carboxylic acids is 1. The molecule has 0 bridgehead atoms. The highest BCUT2D eigenvalue weighted by Gasteiger charge is 2.16. The van der Waals surface area contributed by atoms with Gasteiger partial charge in [0.15, 0.2) is 0 Å². The van der Waals surface area contributed by atoms with Gasteiger partial charge in [0.05, 0.1) is 11.3 Å². The van der Waals surface area contributed by atoms with Gasteiger partial charge in [-0.05, 0) is 25.5 Å². The molecule has 1 aromatic heterocycles. The summed E-state index contributed by atoms with van der Waals surface area (Å²) in [7, 11) is 0. The molecule has 0 aliphatic heterocycles. The number of rotatable bonds is 3. The van der Waals surface area contributed by atoms with E-state index >= 15 is 0 Å². The van der Waals surface area contributed by atoms with Crippen molar-refractivity contribution in [1.29, 1.82) is 0 Å². The summed E-state index contributed by atoms with van der Waals surface area (Å²) in [5, 5.41) is 9.19. The van der Waals surface area contributed by atoms with Crippen LogP contribution < -0.4 is 0 Å². The molecule has 0 atom stereocenters. The van der Waals surface area contributed by atoms with Crippen LogP contribution in [0.5, 0.6) is 0 Å². The second-order valence-electron chi connectivity index (χ2n) is 4.25. The minimum Gasteiger partial charge on any atom is -0.478 e. The Morgan fingerprint density at radius 3 is 2.58 bits per heavy atom. The molecule has 0 aliphatic carbocycles. The summed E-state index contributed by atoms with van der Waals surface area (Å²) < 4.78 is 13.8. The highest BCUT2D eigenvalue weighted by molar-refractivity contribution is 5.91. The van der Waals surface area contributed by atoms with E-state index in [0.29, 0.717) is 28.9 Å². The Morgan fingerprint density at radius 2 is 2.00 bits per heavy atom. The smallest absolute Gasteiger partial charge is 0.337 e. The molecule has 0 amide bonds. The molecule has 0 spiro atoms. The molecule has 2 aromatic rings. The molecule has 0 radical (unpaired) electrons. The first kappa shape index (κ1) is 13.2. The predicted octanol–water partition coefficient (Wildman–Crippen LogP) is 3.46. The number of carboxylic acids is 1. The Morgan fingerprint density at radius 1 is 1.32 bits per heavy atom. The quantitative estimate of drug-likeness (QED) is 0.918. The zero-order valence-corrected chi connectivity index (χ0v) is 10.8. The van der Waals surface area contributed by atoms with Crippen molar-refractivity contribution in [3.8, 4) is 11.1 Å². The van der Waals surface area contributed by atoms with Gasteiger partial charge in [0.1, 0.15) is 5.82 Å². The molecule has 1 aromatic carbocycles. The summed E-state index contributed by atoms with van der Waals surface area (Å²) in [4.78, 5) is 15.5. The zero-order valence-electron chi connectivity index (χ0n) is 10.8. The Balaban J connectivity index is 2.68. The van der Waals surface area contributed by atoms with Crippen molar-refractivity contribution in [2.24, 2.45) is 0 Å². The van der Waals surface area contributed by atoms with Crippen molar-refractivity contribution in [1.82, 2.24) is 4.98 Å². The van der Waals surface area contributed by atoms with Crippen LogP contribution in [0.25, 0.3) is 11.1 Å². The number of aromatic nitrogens is 1. The van der Waals surface area contributed by atoms with Gasteiger partial charge in [-0.3, -0.25) is 4.98 Å². The van der Waals surface area contributed by atoms with E-state index < -0.39 is 5.97 Å². The highest BCUT2D eigenvalue weighted by atomic mass is 19.1. The van der Waals surface area contributed by atoms with Gasteiger partial charge in [0.25, 0.3) is 0 Å². The second-order valence-corrected chi connectivity index (χ2v) is 4.25. The summed E-state index contributed by atoms with van der Waals surface area (Å²) in [6.07, 6.45) is 0.528. The van der Waals surface area contributed by atoms with Gasteiger partial charge in [-0.1, -0.05) is 25.1 Å². The maximum absolute atomic E-state index is 13.8. The van der Waals surface area contributed by atoms with E-state index in [2.05, 4.69) is 4.98 Å². The lowest BCUT2D eigenvalue weighted by molar-refractivity contribution is 0.0695. The van der Waals surface area contributed by atoms with E-state index in [1.54, 1.807) is 25.1 Å². The first-order valence-corrected chi connectivity index (χ1v) is 6.03. The molecule has 2 rings (SSSR count). The number of pyridine rings is 1. The molecule has 98 valence electrons. The summed E-state index contributed by atoms with van der Waals surface area (Å²) in [5.74, 6) is -1.42. The topological polar surface area (TPSA) is 50.2 Å². The Labute approximate surface area is 110 Å². The molecule has 19 heavy (non-hydrogen) atoms. The molecule has 4 heteroatoms. The van der Waals surface area contributed by atoms with Gasteiger partial charge in [-0.25, -0.2) is 9.18 Å². The minimum atomic E-state index is -1.04. The van der Waals surface area contributed by atoms with Crippen LogP contribution in [0.3, 0.4) is 0 Å². The molecular weight excluding hydrogens is 245 g/mol. The number of nitrogens with zero attached hydrogens (tertiary/aromatic N) is 1. The SMILES string of the molecule is CCc1nc(C)c(-c2ccccc2F)cc1C(=O)O. The zero-order chi connectivity index (χ0) is 14.0. The first-order chi connectivity index (χ1) is 9.04. The average molecular weight is 259 g/mol. The molecule has 0 aliphatic rings. The number of carboxylic acid groups (broad SMARTS) is 1. The standard InChI is InChI=1S/C15H14FNO2/c1-3-14-12(15(18)19)8-11(9(2)17-14)10-6-4-5-7-13(10)16/h4-8H,3H2,1-2H3,(H,18,19). The molecule has 0 saturated heterocycles. The van der Waals surface area contributed by atoms with Crippen LogP contribution in [0.15, 0.2) is 30.3 Å². The van der Waals surface area contributed by atoms with Crippen LogP contribution in [0.1, 0.15) is 28.7 Å². The van der Waals surface area contributed by atoms with Gasteiger partial charge in [-0.2, -0.15) is 0 Å². The summed E-state index contributed by atoms with van der Waals surface area (Å²) in [5.41, 5.74) is 2.17. The van der Waals surface area contributed by atoms with Crippen molar-refractivity contribution in [2.45, 2.75) is 20.3 Å². The lowest BCUT2D eigenvalue weighted by Gasteiger charge is -2.11. The Hall–Kier alpha value is -2.23. The Bertz CT molecular complexity index is 638. The van der Waals surface area contributed by atoms with Crippen LogP contribution >= 0.6 is 0 Å². The lowest BCUT2D eigenvalue weighted by atomic mass is 9.99. The van der Waals surface area contributed by atoms with Crippen molar-refractivity contribution in [3.05, 3.63) is 53.1 Å². The summed E-state index contributed by atoms with van der Waals surface area (Å²) in [6, 6.07) is 7.79. The highest BCUT2D eigenvalue weighted by Crippen LogP contribution is 2.27. The van der Waals surface area contributed by atoms with Gasteiger partial charge in [-0.15, -0.1) is 0 Å². The van der Waals surface area contributed by atoms with Crippen molar-refractivity contribution < 1.29 is 14.3 Å². The van der Waals surface area contributed by atoms with Gasteiger partial charge >= 0.3 is 5.97 Å². The van der Waals surface area contributed by atoms with Crippen LogP contribution in [-0.2, 0) is 6.42 Å². The largest absolute Gasteiger partial charge is 0.478 e. The fourth-order valence-electron chi connectivity index (χ4n) is 2.06. The third-order valence-corrected chi connectivity index (χ3v) is 3.02. The van der Waals surface area contributed by atoms with Crippen LogP contribution in [0.4, 0.5) is 4.39 Å². The van der Waals surface area contributed by atoms with E-state index in [0.717, 1.165) is 0 Å².